The number of halogens is 2. The molecular formula is C14H11FIN. The maximum absolute atomic E-state index is 13.0. The predicted molar refractivity (Wildman–Crippen MR) is 77.6 cm³/mol. The van der Waals surface area contributed by atoms with Crippen molar-refractivity contribution in [1.82, 2.24) is 0 Å². The first-order chi connectivity index (χ1) is 8.15. The van der Waals surface area contributed by atoms with Crippen LogP contribution in [0.25, 0.3) is 0 Å². The highest BCUT2D eigenvalue weighted by molar-refractivity contribution is 14.1. The van der Waals surface area contributed by atoms with Gasteiger partial charge in [-0.25, -0.2) is 4.39 Å². The van der Waals surface area contributed by atoms with Crippen LogP contribution < -0.4 is 0 Å². The number of aliphatic imine (C=N–C) groups is 1. The Morgan fingerprint density at radius 2 is 2.00 bits per heavy atom. The van der Waals surface area contributed by atoms with Crippen molar-refractivity contribution in [2.45, 2.75) is 6.92 Å². The summed E-state index contributed by atoms with van der Waals surface area (Å²) in [4.78, 5) is 4.36. The van der Waals surface area contributed by atoms with Gasteiger partial charge in [0.2, 0.25) is 0 Å². The number of aryl methyl sites for hydroxylation is 1. The lowest BCUT2D eigenvalue weighted by Gasteiger charge is -2.00. The fraction of sp³-hybridized carbons (Fsp3) is 0.0714. The lowest BCUT2D eigenvalue weighted by atomic mass is 10.2. The third-order valence-corrected chi connectivity index (χ3v) is 3.03. The van der Waals surface area contributed by atoms with Crippen molar-refractivity contribution >= 4 is 34.5 Å². The summed E-state index contributed by atoms with van der Waals surface area (Å²) < 4.78 is 14.1. The second-order valence-electron chi connectivity index (χ2n) is 3.74. The second-order valence-corrected chi connectivity index (χ2v) is 4.99. The van der Waals surface area contributed by atoms with Crippen molar-refractivity contribution in [3.05, 3.63) is 63.0 Å². The molecule has 0 radical (unpaired) electrons. The van der Waals surface area contributed by atoms with E-state index in [9.17, 15) is 4.39 Å². The largest absolute Gasteiger partial charge is 0.256 e. The van der Waals surface area contributed by atoms with E-state index in [1.54, 1.807) is 12.3 Å². The minimum atomic E-state index is -0.242. The minimum Gasteiger partial charge on any atom is -0.256 e. The first kappa shape index (κ1) is 12.2. The van der Waals surface area contributed by atoms with Crippen molar-refractivity contribution in [2.24, 2.45) is 4.99 Å². The van der Waals surface area contributed by atoms with Gasteiger partial charge in [-0.3, -0.25) is 4.99 Å². The van der Waals surface area contributed by atoms with Gasteiger partial charge < -0.3 is 0 Å². The summed E-state index contributed by atoms with van der Waals surface area (Å²) in [6, 6.07) is 12.4. The number of benzene rings is 2. The summed E-state index contributed by atoms with van der Waals surface area (Å²) in [5.74, 6) is -0.242. The SMILES string of the molecule is Cc1cc(I)ccc1/N=C/c1cccc(F)c1. The highest BCUT2D eigenvalue weighted by Gasteiger charge is 1.96. The topological polar surface area (TPSA) is 12.4 Å². The van der Waals surface area contributed by atoms with E-state index in [0.29, 0.717) is 0 Å². The van der Waals surface area contributed by atoms with Crippen LogP contribution in [0.5, 0.6) is 0 Å². The van der Waals surface area contributed by atoms with Crippen molar-refractivity contribution in [3.8, 4) is 0 Å². The molecule has 0 aliphatic heterocycles. The lowest BCUT2D eigenvalue weighted by molar-refractivity contribution is 0.627. The molecule has 0 aliphatic rings. The highest BCUT2D eigenvalue weighted by Crippen LogP contribution is 2.20. The lowest BCUT2D eigenvalue weighted by Crippen LogP contribution is -1.83. The van der Waals surface area contributed by atoms with E-state index in [1.807, 2.05) is 25.1 Å². The molecule has 0 atom stereocenters. The summed E-state index contributed by atoms with van der Waals surface area (Å²) in [6.07, 6.45) is 1.68. The molecule has 3 heteroatoms. The minimum absolute atomic E-state index is 0.242. The van der Waals surface area contributed by atoms with Crippen molar-refractivity contribution < 1.29 is 4.39 Å². The maximum atomic E-state index is 13.0. The molecule has 0 amide bonds. The number of hydrogen-bond acceptors (Lipinski definition) is 1. The molecule has 0 aromatic heterocycles. The van der Waals surface area contributed by atoms with Gasteiger partial charge in [0.15, 0.2) is 0 Å². The van der Waals surface area contributed by atoms with E-state index in [2.05, 4.69) is 33.6 Å². The fourth-order valence-electron chi connectivity index (χ4n) is 1.49. The van der Waals surface area contributed by atoms with E-state index in [4.69, 9.17) is 0 Å². The molecule has 1 nitrogen and oxygen atoms in total. The van der Waals surface area contributed by atoms with Gasteiger partial charge in [0.25, 0.3) is 0 Å². The monoisotopic (exact) mass is 339 g/mol. The molecule has 17 heavy (non-hydrogen) atoms. The van der Waals surface area contributed by atoms with Crippen LogP contribution in [0.2, 0.25) is 0 Å². The van der Waals surface area contributed by atoms with Crippen molar-refractivity contribution in [1.29, 1.82) is 0 Å². The predicted octanol–water partition coefficient (Wildman–Crippen LogP) is 4.49. The van der Waals surface area contributed by atoms with E-state index >= 15 is 0 Å². The second kappa shape index (κ2) is 5.40. The van der Waals surface area contributed by atoms with Gasteiger partial charge >= 0.3 is 0 Å². The molecule has 2 aromatic carbocycles. The van der Waals surface area contributed by atoms with Crippen LogP contribution in [0.3, 0.4) is 0 Å². The Bertz CT molecular complexity index is 564. The van der Waals surface area contributed by atoms with E-state index in [1.165, 1.54) is 15.7 Å². The third-order valence-electron chi connectivity index (χ3n) is 2.36. The van der Waals surface area contributed by atoms with Gasteiger partial charge in [-0.1, -0.05) is 12.1 Å². The van der Waals surface area contributed by atoms with Crippen LogP contribution in [0, 0.1) is 16.3 Å². The molecule has 86 valence electrons. The summed E-state index contributed by atoms with van der Waals surface area (Å²) in [5, 5.41) is 0. The van der Waals surface area contributed by atoms with Gasteiger partial charge in [0.05, 0.1) is 5.69 Å². The van der Waals surface area contributed by atoms with E-state index in [-0.39, 0.29) is 5.82 Å². The number of hydrogen-bond donors (Lipinski definition) is 0. The van der Waals surface area contributed by atoms with Crippen LogP contribution in [-0.4, -0.2) is 6.21 Å². The summed E-state index contributed by atoms with van der Waals surface area (Å²) >= 11 is 2.26. The Balaban J connectivity index is 2.26. The molecule has 2 rings (SSSR count). The molecule has 0 bridgehead atoms. The molecule has 0 saturated carbocycles. The molecule has 0 aliphatic carbocycles. The Labute approximate surface area is 114 Å². The average molecular weight is 339 g/mol. The summed E-state index contributed by atoms with van der Waals surface area (Å²) in [7, 11) is 0. The van der Waals surface area contributed by atoms with E-state index < -0.39 is 0 Å². The van der Waals surface area contributed by atoms with Gasteiger partial charge in [-0.2, -0.15) is 0 Å². The highest BCUT2D eigenvalue weighted by atomic mass is 127. The van der Waals surface area contributed by atoms with Gasteiger partial charge in [-0.05, 0) is 71.0 Å². The third kappa shape index (κ3) is 3.36. The Morgan fingerprint density at radius 3 is 2.71 bits per heavy atom. The normalized spacial score (nSPS) is 11.0. The van der Waals surface area contributed by atoms with Gasteiger partial charge in [0, 0.05) is 9.78 Å². The smallest absolute Gasteiger partial charge is 0.123 e. The zero-order valence-electron chi connectivity index (χ0n) is 9.32. The summed E-state index contributed by atoms with van der Waals surface area (Å²) in [6.45, 7) is 2.01. The molecular weight excluding hydrogens is 328 g/mol. The van der Waals surface area contributed by atoms with Crippen molar-refractivity contribution in [3.63, 3.8) is 0 Å². The molecule has 0 unspecified atom stereocenters. The fourth-order valence-corrected chi connectivity index (χ4v) is 2.14. The van der Waals surface area contributed by atoms with Crippen LogP contribution in [-0.2, 0) is 0 Å². The number of rotatable bonds is 2. The summed E-state index contributed by atoms with van der Waals surface area (Å²) in [5.41, 5.74) is 2.79. The van der Waals surface area contributed by atoms with Gasteiger partial charge in [0.1, 0.15) is 5.82 Å². The molecule has 0 heterocycles. The average Bonchev–Trinajstić information content (AvgIpc) is 2.28. The van der Waals surface area contributed by atoms with Crippen LogP contribution in [0.15, 0.2) is 47.5 Å². The molecule has 0 fully saturated rings. The Kier molecular flexibility index (Phi) is 3.89. The van der Waals surface area contributed by atoms with Crippen LogP contribution in [0.1, 0.15) is 11.1 Å². The molecule has 0 N–H and O–H groups in total. The first-order valence-electron chi connectivity index (χ1n) is 5.21. The standard InChI is InChI=1S/C14H11FIN/c1-10-7-13(16)5-6-14(10)17-9-11-3-2-4-12(15)8-11/h2-9H,1H3/b17-9+. The van der Waals surface area contributed by atoms with Gasteiger partial charge in [-0.15, -0.1) is 0 Å². The van der Waals surface area contributed by atoms with Crippen LogP contribution in [0.4, 0.5) is 10.1 Å². The molecule has 2 aromatic rings. The quantitative estimate of drug-likeness (QED) is 0.565. The van der Waals surface area contributed by atoms with E-state index in [0.717, 1.165) is 16.8 Å². The molecule has 0 spiro atoms. The molecule has 0 saturated heterocycles. The Morgan fingerprint density at radius 1 is 1.18 bits per heavy atom. The zero-order valence-corrected chi connectivity index (χ0v) is 11.5. The van der Waals surface area contributed by atoms with Crippen molar-refractivity contribution in [2.75, 3.05) is 0 Å². The first-order valence-corrected chi connectivity index (χ1v) is 6.29. The zero-order chi connectivity index (χ0) is 12.3. The Hall–Kier alpha value is -1.23. The maximum Gasteiger partial charge on any atom is 0.123 e. The number of nitrogens with zero attached hydrogens (tertiary/aromatic N) is 1. The van der Waals surface area contributed by atoms with Crippen LogP contribution >= 0.6 is 22.6 Å².